The van der Waals surface area contributed by atoms with Gasteiger partial charge in [0.1, 0.15) is 5.75 Å². The van der Waals surface area contributed by atoms with E-state index in [1.807, 2.05) is 13.0 Å². The molecule has 0 bridgehead atoms. The van der Waals surface area contributed by atoms with Crippen LogP contribution in [0.25, 0.3) is 21.2 Å². The van der Waals surface area contributed by atoms with Crippen molar-refractivity contribution >= 4 is 27.2 Å². The maximum atomic E-state index is 11.9. The highest BCUT2D eigenvalue weighted by Crippen LogP contribution is 2.41. The fraction of sp³-hybridized carbons (Fsp3) is 0.375. The molecule has 3 aromatic rings. The summed E-state index contributed by atoms with van der Waals surface area (Å²) in [7, 11) is 0. The molecule has 0 unspecified atom stereocenters. The molecule has 27 heavy (non-hydrogen) atoms. The van der Waals surface area contributed by atoms with E-state index >= 15 is 0 Å². The van der Waals surface area contributed by atoms with Crippen molar-refractivity contribution in [1.82, 2.24) is 0 Å². The summed E-state index contributed by atoms with van der Waals surface area (Å²) in [4.78, 5) is 12.7. The molecule has 2 aromatic carbocycles. The monoisotopic (exact) mass is 380 g/mol. The number of hydrogen-bond acceptors (Lipinski definition) is 3. The molecule has 3 rings (SSSR count). The van der Waals surface area contributed by atoms with Gasteiger partial charge in [0.25, 0.3) is 0 Å². The van der Waals surface area contributed by atoms with E-state index in [4.69, 9.17) is 4.74 Å². The number of hydrogen-bond donors (Lipinski definition) is 0. The van der Waals surface area contributed by atoms with Crippen LogP contribution in [0.5, 0.6) is 5.75 Å². The zero-order chi connectivity index (χ0) is 19.4. The SMILES string of the molecule is CCCc1cc(CCC)c(OCC)c(-c2cccc3sc(C(C)=O)cc23)c1. The van der Waals surface area contributed by atoms with Gasteiger partial charge in [-0.25, -0.2) is 0 Å². The second-order valence-corrected chi connectivity index (χ2v) is 8.03. The van der Waals surface area contributed by atoms with Crippen molar-refractivity contribution in [2.45, 2.75) is 53.4 Å². The van der Waals surface area contributed by atoms with E-state index in [9.17, 15) is 4.79 Å². The molecule has 1 heterocycles. The Morgan fingerprint density at radius 1 is 1.00 bits per heavy atom. The predicted octanol–water partition coefficient (Wildman–Crippen LogP) is 7.07. The van der Waals surface area contributed by atoms with Gasteiger partial charge in [-0.1, -0.05) is 44.9 Å². The lowest BCUT2D eigenvalue weighted by molar-refractivity contribution is 0.102. The first kappa shape index (κ1) is 19.6. The standard InChI is InChI=1S/C24H28O2S/c1-5-9-17-13-18(10-6-2)24(26-7-3)21(14-17)19-11-8-12-22-20(19)15-23(27-22)16(4)25/h8,11-15H,5-7,9-10H2,1-4H3. The fourth-order valence-corrected chi connectivity index (χ4v) is 4.61. The molecule has 1 aromatic heterocycles. The van der Waals surface area contributed by atoms with Crippen molar-refractivity contribution in [3.63, 3.8) is 0 Å². The Kier molecular flexibility index (Phi) is 6.33. The second-order valence-electron chi connectivity index (χ2n) is 6.95. The first-order chi connectivity index (χ1) is 13.1. The molecule has 0 aliphatic carbocycles. The van der Waals surface area contributed by atoms with Crippen molar-refractivity contribution in [3.8, 4) is 16.9 Å². The molecule has 2 nitrogen and oxygen atoms in total. The predicted molar refractivity (Wildman–Crippen MR) is 116 cm³/mol. The Balaban J connectivity index is 2.28. The van der Waals surface area contributed by atoms with Gasteiger partial charge in [-0.15, -0.1) is 11.3 Å². The lowest BCUT2D eigenvalue weighted by Crippen LogP contribution is -2.01. The minimum Gasteiger partial charge on any atom is -0.493 e. The topological polar surface area (TPSA) is 26.3 Å². The minimum atomic E-state index is 0.124. The lowest BCUT2D eigenvalue weighted by atomic mass is 9.93. The van der Waals surface area contributed by atoms with Gasteiger partial charge in [0.05, 0.1) is 11.5 Å². The van der Waals surface area contributed by atoms with Gasteiger partial charge in [0, 0.05) is 15.6 Å². The number of fused-ring (bicyclic) bond motifs is 1. The molecule has 0 atom stereocenters. The molecule has 0 fully saturated rings. The van der Waals surface area contributed by atoms with Gasteiger partial charge in [-0.05, 0) is 61.6 Å². The van der Waals surface area contributed by atoms with Gasteiger partial charge in [-0.2, -0.15) is 0 Å². The maximum absolute atomic E-state index is 11.9. The number of Topliss-reactive ketones (excluding diaryl/α,β-unsaturated/α-hetero) is 1. The second kappa shape index (κ2) is 8.71. The van der Waals surface area contributed by atoms with Crippen LogP contribution in [0.2, 0.25) is 0 Å². The van der Waals surface area contributed by atoms with Crippen LogP contribution in [0.15, 0.2) is 36.4 Å². The van der Waals surface area contributed by atoms with E-state index in [2.05, 4.69) is 44.2 Å². The van der Waals surface area contributed by atoms with Gasteiger partial charge >= 0.3 is 0 Å². The minimum absolute atomic E-state index is 0.124. The van der Waals surface area contributed by atoms with E-state index in [1.54, 1.807) is 18.3 Å². The number of aryl methyl sites for hydroxylation is 2. The summed E-state index contributed by atoms with van der Waals surface area (Å²) in [6.45, 7) is 8.75. The smallest absolute Gasteiger partial charge is 0.169 e. The van der Waals surface area contributed by atoms with Crippen molar-refractivity contribution in [1.29, 1.82) is 0 Å². The molecule has 142 valence electrons. The van der Waals surface area contributed by atoms with Crippen LogP contribution in [-0.2, 0) is 12.8 Å². The van der Waals surface area contributed by atoms with Crippen LogP contribution in [0.3, 0.4) is 0 Å². The van der Waals surface area contributed by atoms with Gasteiger partial charge in [-0.3, -0.25) is 4.79 Å². The molecule has 0 spiro atoms. The Hall–Kier alpha value is -2.13. The Labute approximate surface area is 166 Å². The summed E-state index contributed by atoms with van der Waals surface area (Å²) >= 11 is 1.57. The Morgan fingerprint density at radius 2 is 1.78 bits per heavy atom. The third-order valence-electron chi connectivity index (χ3n) is 4.77. The highest BCUT2D eigenvalue weighted by molar-refractivity contribution is 7.20. The number of ether oxygens (including phenoxy) is 1. The number of thiophene rings is 1. The molecule has 0 saturated carbocycles. The molecule has 0 N–H and O–H groups in total. The van der Waals surface area contributed by atoms with Gasteiger partial charge in [0.2, 0.25) is 0 Å². The van der Waals surface area contributed by atoms with Crippen LogP contribution >= 0.6 is 11.3 Å². The zero-order valence-electron chi connectivity index (χ0n) is 16.7. The zero-order valence-corrected chi connectivity index (χ0v) is 17.5. The number of carbonyl (C=O) groups is 1. The third kappa shape index (κ3) is 4.08. The number of ketones is 1. The fourth-order valence-electron chi connectivity index (χ4n) is 3.63. The summed E-state index contributed by atoms with van der Waals surface area (Å²) in [5, 5.41) is 1.14. The lowest BCUT2D eigenvalue weighted by Gasteiger charge is -2.18. The number of rotatable bonds is 8. The van der Waals surface area contributed by atoms with Crippen LogP contribution in [0.4, 0.5) is 0 Å². The highest BCUT2D eigenvalue weighted by Gasteiger charge is 2.17. The van der Waals surface area contributed by atoms with E-state index in [1.165, 1.54) is 11.1 Å². The molecular formula is C24H28O2S. The average Bonchev–Trinajstić information content (AvgIpc) is 3.09. The molecule has 0 aliphatic heterocycles. The van der Waals surface area contributed by atoms with Gasteiger partial charge in [0.15, 0.2) is 5.78 Å². The summed E-state index contributed by atoms with van der Waals surface area (Å²) in [5.74, 6) is 1.13. The Morgan fingerprint density at radius 3 is 2.44 bits per heavy atom. The maximum Gasteiger partial charge on any atom is 0.169 e. The highest BCUT2D eigenvalue weighted by atomic mass is 32.1. The third-order valence-corrected chi connectivity index (χ3v) is 5.97. The van der Waals surface area contributed by atoms with Crippen molar-refractivity contribution in [2.24, 2.45) is 0 Å². The summed E-state index contributed by atoms with van der Waals surface area (Å²) in [5.41, 5.74) is 4.97. The van der Waals surface area contributed by atoms with Crippen molar-refractivity contribution < 1.29 is 9.53 Å². The van der Waals surface area contributed by atoms with Gasteiger partial charge < -0.3 is 4.74 Å². The molecule has 0 amide bonds. The van der Waals surface area contributed by atoms with Crippen LogP contribution in [0, 0.1) is 0 Å². The molecule has 3 heteroatoms. The first-order valence-electron chi connectivity index (χ1n) is 9.91. The largest absolute Gasteiger partial charge is 0.493 e. The number of benzene rings is 2. The average molecular weight is 381 g/mol. The van der Waals surface area contributed by atoms with Crippen molar-refractivity contribution in [3.05, 3.63) is 52.4 Å². The molecular weight excluding hydrogens is 352 g/mol. The molecule has 0 saturated heterocycles. The quantitative estimate of drug-likeness (QED) is 0.390. The van der Waals surface area contributed by atoms with Crippen molar-refractivity contribution in [2.75, 3.05) is 6.61 Å². The van der Waals surface area contributed by atoms with E-state index in [-0.39, 0.29) is 5.78 Å². The van der Waals surface area contributed by atoms with Crippen LogP contribution in [0.1, 0.15) is 61.3 Å². The molecule has 0 aliphatic rings. The summed E-state index contributed by atoms with van der Waals surface area (Å²) in [6.07, 6.45) is 4.29. The van der Waals surface area contributed by atoms with Crippen LogP contribution in [-0.4, -0.2) is 12.4 Å². The van der Waals surface area contributed by atoms with E-state index in [0.717, 1.165) is 57.5 Å². The summed E-state index contributed by atoms with van der Waals surface area (Å²) in [6, 6.07) is 13.0. The molecule has 0 radical (unpaired) electrons. The first-order valence-corrected chi connectivity index (χ1v) is 10.7. The van der Waals surface area contributed by atoms with Crippen LogP contribution < -0.4 is 4.74 Å². The van der Waals surface area contributed by atoms with E-state index in [0.29, 0.717) is 6.61 Å². The van der Waals surface area contributed by atoms with E-state index < -0.39 is 0 Å². The summed E-state index contributed by atoms with van der Waals surface area (Å²) < 4.78 is 7.30. The Bertz CT molecular complexity index is 952. The number of carbonyl (C=O) groups excluding carboxylic acids is 1. The normalized spacial score (nSPS) is 11.1.